The van der Waals surface area contributed by atoms with Crippen molar-refractivity contribution in [2.24, 2.45) is 0 Å². The summed E-state index contributed by atoms with van der Waals surface area (Å²) in [6.07, 6.45) is 3.78. The third-order valence-electron chi connectivity index (χ3n) is 2.51. The van der Waals surface area contributed by atoms with Gasteiger partial charge in [-0.15, -0.1) is 0 Å². The standard InChI is InChI=1S/C13H14N2O2/c1-2-10-4-3-5-11(6-10)13(16)14-7-12-8-17-9-15-12/h3-6,8-9H,2,7H2,1H3,(H,14,16). The first-order chi connectivity index (χ1) is 8.29. The molecule has 1 amide bonds. The number of amides is 1. The lowest BCUT2D eigenvalue weighted by Crippen LogP contribution is -2.22. The SMILES string of the molecule is CCc1cccc(C(=O)NCc2cocn2)c1. The highest BCUT2D eigenvalue weighted by Crippen LogP contribution is 2.06. The Bertz CT molecular complexity index is 492. The van der Waals surface area contributed by atoms with Crippen LogP contribution in [0.1, 0.15) is 28.5 Å². The zero-order chi connectivity index (χ0) is 12.1. The second-order valence-corrected chi connectivity index (χ2v) is 3.72. The molecule has 17 heavy (non-hydrogen) atoms. The molecule has 1 aromatic heterocycles. The summed E-state index contributed by atoms with van der Waals surface area (Å²) in [6, 6.07) is 7.60. The van der Waals surface area contributed by atoms with E-state index in [-0.39, 0.29) is 5.91 Å². The van der Waals surface area contributed by atoms with Gasteiger partial charge in [0.15, 0.2) is 6.39 Å². The maximum atomic E-state index is 11.8. The molecule has 0 bridgehead atoms. The van der Waals surface area contributed by atoms with Crippen LogP contribution in [0.3, 0.4) is 0 Å². The molecule has 0 fully saturated rings. The number of hydrogen-bond donors (Lipinski definition) is 1. The van der Waals surface area contributed by atoms with Gasteiger partial charge in [-0.05, 0) is 24.1 Å². The molecule has 4 nitrogen and oxygen atoms in total. The fraction of sp³-hybridized carbons (Fsp3) is 0.231. The van der Waals surface area contributed by atoms with Crippen LogP contribution in [0.15, 0.2) is 41.3 Å². The topological polar surface area (TPSA) is 55.1 Å². The van der Waals surface area contributed by atoms with Crippen LogP contribution < -0.4 is 5.32 Å². The molecule has 4 heteroatoms. The third-order valence-corrected chi connectivity index (χ3v) is 2.51. The van der Waals surface area contributed by atoms with Gasteiger partial charge in [0.05, 0.1) is 12.2 Å². The lowest BCUT2D eigenvalue weighted by molar-refractivity contribution is 0.0950. The van der Waals surface area contributed by atoms with E-state index in [1.807, 2.05) is 18.2 Å². The summed E-state index contributed by atoms with van der Waals surface area (Å²) in [6.45, 7) is 2.44. The van der Waals surface area contributed by atoms with E-state index >= 15 is 0 Å². The van der Waals surface area contributed by atoms with Gasteiger partial charge >= 0.3 is 0 Å². The summed E-state index contributed by atoms with van der Waals surface area (Å²) in [5.41, 5.74) is 2.54. The zero-order valence-electron chi connectivity index (χ0n) is 9.64. The van der Waals surface area contributed by atoms with Gasteiger partial charge in [-0.2, -0.15) is 0 Å². The minimum atomic E-state index is -0.0942. The van der Waals surface area contributed by atoms with Crippen LogP contribution in [0, 0.1) is 0 Å². The number of rotatable bonds is 4. The highest BCUT2D eigenvalue weighted by Gasteiger charge is 2.06. The van der Waals surface area contributed by atoms with Crippen LogP contribution >= 0.6 is 0 Å². The van der Waals surface area contributed by atoms with Crippen molar-refractivity contribution in [2.45, 2.75) is 19.9 Å². The number of benzene rings is 1. The van der Waals surface area contributed by atoms with Gasteiger partial charge in [-0.3, -0.25) is 4.79 Å². The minimum absolute atomic E-state index is 0.0942. The van der Waals surface area contributed by atoms with Crippen LogP contribution in [-0.4, -0.2) is 10.9 Å². The summed E-state index contributed by atoms with van der Waals surface area (Å²) in [5.74, 6) is -0.0942. The van der Waals surface area contributed by atoms with Crippen molar-refractivity contribution in [1.29, 1.82) is 0 Å². The summed E-state index contributed by atoms with van der Waals surface area (Å²) in [7, 11) is 0. The number of nitrogens with zero attached hydrogens (tertiary/aromatic N) is 1. The van der Waals surface area contributed by atoms with Crippen LogP contribution in [0.2, 0.25) is 0 Å². The second kappa shape index (κ2) is 5.30. The number of aryl methyl sites for hydroxylation is 1. The molecule has 0 unspecified atom stereocenters. The maximum absolute atomic E-state index is 11.8. The van der Waals surface area contributed by atoms with Crippen LogP contribution in [0.25, 0.3) is 0 Å². The summed E-state index contributed by atoms with van der Waals surface area (Å²) >= 11 is 0. The molecule has 1 heterocycles. The third kappa shape index (κ3) is 2.93. The smallest absolute Gasteiger partial charge is 0.251 e. The maximum Gasteiger partial charge on any atom is 0.251 e. The molecular formula is C13H14N2O2. The molecule has 0 aliphatic carbocycles. The van der Waals surface area contributed by atoms with Crippen molar-refractivity contribution < 1.29 is 9.21 Å². The predicted octanol–water partition coefficient (Wildman–Crippen LogP) is 2.17. The molecule has 1 aromatic carbocycles. The van der Waals surface area contributed by atoms with Gasteiger partial charge in [0.1, 0.15) is 6.26 Å². The Labute approximate surface area is 99.7 Å². The van der Waals surface area contributed by atoms with E-state index in [0.717, 1.165) is 12.0 Å². The van der Waals surface area contributed by atoms with Crippen LogP contribution in [-0.2, 0) is 13.0 Å². The first-order valence-electron chi connectivity index (χ1n) is 5.54. The molecule has 88 valence electrons. The van der Waals surface area contributed by atoms with Crippen molar-refractivity contribution in [1.82, 2.24) is 10.3 Å². The van der Waals surface area contributed by atoms with Gasteiger partial charge in [-0.1, -0.05) is 19.1 Å². The molecule has 0 aliphatic heterocycles. The van der Waals surface area contributed by atoms with Crippen LogP contribution in [0.4, 0.5) is 0 Å². The van der Waals surface area contributed by atoms with Crippen molar-refractivity contribution in [3.05, 3.63) is 53.7 Å². The average molecular weight is 230 g/mol. The minimum Gasteiger partial charge on any atom is -0.451 e. The zero-order valence-corrected chi connectivity index (χ0v) is 9.64. The summed E-state index contributed by atoms with van der Waals surface area (Å²) in [5, 5.41) is 2.79. The Morgan fingerprint density at radius 1 is 1.47 bits per heavy atom. The molecule has 0 saturated carbocycles. The molecule has 0 saturated heterocycles. The molecule has 2 rings (SSSR count). The molecule has 2 aromatic rings. The lowest BCUT2D eigenvalue weighted by atomic mass is 10.1. The van der Waals surface area contributed by atoms with E-state index in [9.17, 15) is 4.79 Å². The second-order valence-electron chi connectivity index (χ2n) is 3.72. The fourth-order valence-corrected chi connectivity index (χ4v) is 1.53. The molecule has 0 atom stereocenters. The highest BCUT2D eigenvalue weighted by atomic mass is 16.3. The van der Waals surface area contributed by atoms with Crippen molar-refractivity contribution in [3.63, 3.8) is 0 Å². The van der Waals surface area contributed by atoms with E-state index in [0.29, 0.717) is 17.8 Å². The van der Waals surface area contributed by atoms with E-state index in [1.165, 1.54) is 12.7 Å². The molecule has 0 radical (unpaired) electrons. The van der Waals surface area contributed by atoms with Gasteiger partial charge < -0.3 is 9.73 Å². The normalized spacial score (nSPS) is 10.2. The lowest BCUT2D eigenvalue weighted by Gasteiger charge is -2.04. The number of carbonyl (C=O) groups is 1. The summed E-state index contributed by atoms with van der Waals surface area (Å²) in [4.78, 5) is 15.8. The van der Waals surface area contributed by atoms with Crippen molar-refractivity contribution >= 4 is 5.91 Å². The number of carbonyl (C=O) groups excluding carboxylic acids is 1. The number of nitrogens with one attached hydrogen (secondary N) is 1. The van der Waals surface area contributed by atoms with Gasteiger partial charge in [0.2, 0.25) is 0 Å². The molecule has 0 aliphatic rings. The van der Waals surface area contributed by atoms with E-state index in [4.69, 9.17) is 4.42 Å². The van der Waals surface area contributed by atoms with Crippen molar-refractivity contribution in [2.75, 3.05) is 0 Å². The Kier molecular flexibility index (Phi) is 3.55. The Morgan fingerprint density at radius 2 is 2.35 bits per heavy atom. The largest absolute Gasteiger partial charge is 0.451 e. The first-order valence-corrected chi connectivity index (χ1v) is 5.54. The molecule has 0 spiro atoms. The fourth-order valence-electron chi connectivity index (χ4n) is 1.53. The summed E-state index contributed by atoms with van der Waals surface area (Å²) < 4.78 is 4.83. The van der Waals surface area contributed by atoms with Gasteiger partial charge in [-0.25, -0.2) is 4.98 Å². The average Bonchev–Trinajstić information content (AvgIpc) is 2.89. The Morgan fingerprint density at radius 3 is 3.06 bits per heavy atom. The monoisotopic (exact) mass is 230 g/mol. The first kappa shape index (κ1) is 11.4. The number of hydrogen-bond acceptors (Lipinski definition) is 3. The molecular weight excluding hydrogens is 216 g/mol. The van der Waals surface area contributed by atoms with E-state index in [2.05, 4.69) is 17.2 Å². The van der Waals surface area contributed by atoms with E-state index in [1.54, 1.807) is 6.07 Å². The number of oxazole rings is 1. The molecule has 1 N–H and O–H groups in total. The van der Waals surface area contributed by atoms with E-state index < -0.39 is 0 Å². The number of aromatic nitrogens is 1. The Hall–Kier alpha value is -2.10. The van der Waals surface area contributed by atoms with Gasteiger partial charge in [0, 0.05) is 5.56 Å². The quantitative estimate of drug-likeness (QED) is 0.875. The van der Waals surface area contributed by atoms with Crippen LogP contribution in [0.5, 0.6) is 0 Å². The highest BCUT2D eigenvalue weighted by molar-refractivity contribution is 5.94. The van der Waals surface area contributed by atoms with Crippen molar-refractivity contribution in [3.8, 4) is 0 Å². The predicted molar refractivity (Wildman–Crippen MR) is 63.5 cm³/mol. The van der Waals surface area contributed by atoms with Gasteiger partial charge in [0.25, 0.3) is 5.91 Å². The Balaban J connectivity index is 1.99.